The molecule has 2 aromatic rings. The summed E-state index contributed by atoms with van der Waals surface area (Å²) in [6.45, 7) is 6.78. The van der Waals surface area contributed by atoms with Gasteiger partial charge < -0.3 is 10.1 Å². The van der Waals surface area contributed by atoms with Gasteiger partial charge in [-0.3, -0.25) is 4.79 Å². The van der Waals surface area contributed by atoms with Gasteiger partial charge in [-0.1, -0.05) is 57.2 Å². The van der Waals surface area contributed by atoms with Crippen molar-refractivity contribution in [1.29, 1.82) is 0 Å². The lowest BCUT2D eigenvalue weighted by Crippen LogP contribution is -2.38. The lowest BCUT2D eigenvalue weighted by Gasteiger charge is -2.17. The van der Waals surface area contributed by atoms with Crippen LogP contribution in [-0.4, -0.2) is 18.6 Å². The molecule has 4 heteroatoms. The minimum Gasteiger partial charge on any atom is -0.478 e. The molecule has 2 rings (SSSR count). The van der Waals surface area contributed by atoms with Crippen LogP contribution in [0, 0.1) is 5.82 Å². The molecular formula is C22H28FNO2. The fourth-order valence-electron chi connectivity index (χ4n) is 2.70. The topological polar surface area (TPSA) is 38.3 Å². The molecule has 0 fully saturated rings. The highest BCUT2D eigenvalue weighted by Gasteiger charge is 2.19. The number of benzene rings is 2. The number of amides is 1. The largest absolute Gasteiger partial charge is 0.478 e. The summed E-state index contributed by atoms with van der Waals surface area (Å²) in [4.78, 5) is 12.3. The zero-order valence-corrected chi connectivity index (χ0v) is 15.8. The predicted molar refractivity (Wildman–Crippen MR) is 103 cm³/mol. The Bertz CT molecular complexity index is 698. The Labute approximate surface area is 155 Å². The number of hydrogen-bond donors (Lipinski definition) is 1. The van der Waals surface area contributed by atoms with Crippen molar-refractivity contribution in [3.05, 3.63) is 65.5 Å². The van der Waals surface area contributed by atoms with Crippen molar-refractivity contribution < 1.29 is 13.9 Å². The summed E-state index contributed by atoms with van der Waals surface area (Å²) in [6, 6.07) is 14.8. The molecule has 0 aliphatic heterocycles. The van der Waals surface area contributed by atoms with E-state index in [0.29, 0.717) is 18.9 Å². The van der Waals surface area contributed by atoms with Crippen LogP contribution in [-0.2, 0) is 11.2 Å². The monoisotopic (exact) mass is 357 g/mol. The van der Waals surface area contributed by atoms with Crippen LogP contribution in [0.4, 0.5) is 4.39 Å². The molecule has 3 nitrogen and oxygen atoms in total. The van der Waals surface area contributed by atoms with E-state index >= 15 is 0 Å². The summed E-state index contributed by atoms with van der Waals surface area (Å²) in [5.41, 5.74) is 2.59. The highest BCUT2D eigenvalue weighted by Crippen LogP contribution is 2.18. The molecule has 0 spiro atoms. The Morgan fingerprint density at radius 2 is 1.81 bits per heavy atom. The van der Waals surface area contributed by atoms with Gasteiger partial charge in [-0.15, -0.1) is 0 Å². The van der Waals surface area contributed by atoms with Gasteiger partial charge in [-0.05, 0) is 48.4 Å². The smallest absolute Gasteiger partial charge is 0.261 e. The van der Waals surface area contributed by atoms with Gasteiger partial charge >= 0.3 is 0 Å². The van der Waals surface area contributed by atoms with E-state index in [2.05, 4.69) is 43.4 Å². The number of nitrogens with one attached hydrogen (secondary N) is 1. The SMILES string of the molecule is CCC(Oc1ccccc1F)C(=O)NCCCc1ccc(C(C)C)cc1. The first kappa shape index (κ1) is 20.0. The van der Waals surface area contributed by atoms with Gasteiger partial charge in [0.1, 0.15) is 0 Å². The number of carbonyl (C=O) groups is 1. The van der Waals surface area contributed by atoms with Gasteiger partial charge in [0.05, 0.1) is 0 Å². The second-order valence-corrected chi connectivity index (χ2v) is 6.74. The van der Waals surface area contributed by atoms with Crippen molar-refractivity contribution in [2.24, 2.45) is 0 Å². The van der Waals surface area contributed by atoms with Crippen LogP contribution in [0.15, 0.2) is 48.5 Å². The van der Waals surface area contributed by atoms with Gasteiger partial charge in [0.2, 0.25) is 0 Å². The molecule has 0 saturated heterocycles. The van der Waals surface area contributed by atoms with Crippen molar-refractivity contribution in [2.45, 2.75) is 52.1 Å². The van der Waals surface area contributed by atoms with Crippen LogP contribution in [0.3, 0.4) is 0 Å². The molecule has 1 N–H and O–H groups in total. The normalized spacial score (nSPS) is 12.0. The maximum absolute atomic E-state index is 13.7. The zero-order chi connectivity index (χ0) is 18.9. The first-order valence-corrected chi connectivity index (χ1v) is 9.29. The number of ether oxygens (including phenoxy) is 1. The predicted octanol–water partition coefficient (Wildman–Crippen LogP) is 4.86. The van der Waals surface area contributed by atoms with E-state index in [0.717, 1.165) is 12.8 Å². The van der Waals surface area contributed by atoms with Crippen LogP contribution < -0.4 is 10.1 Å². The van der Waals surface area contributed by atoms with Gasteiger partial charge in [-0.2, -0.15) is 0 Å². The molecule has 0 heterocycles. The lowest BCUT2D eigenvalue weighted by atomic mass is 10.0. The second-order valence-electron chi connectivity index (χ2n) is 6.74. The van der Waals surface area contributed by atoms with Crippen molar-refractivity contribution in [3.63, 3.8) is 0 Å². The molecule has 0 saturated carbocycles. The molecular weight excluding hydrogens is 329 g/mol. The van der Waals surface area contributed by atoms with Crippen LogP contribution in [0.5, 0.6) is 5.75 Å². The highest BCUT2D eigenvalue weighted by atomic mass is 19.1. The molecule has 0 radical (unpaired) electrons. The standard InChI is InChI=1S/C22H28FNO2/c1-4-20(26-21-10-6-5-9-19(21)23)22(25)24-15-7-8-17-11-13-18(14-12-17)16(2)3/h5-6,9-14,16,20H,4,7-8,15H2,1-3H3,(H,24,25). The fourth-order valence-corrected chi connectivity index (χ4v) is 2.70. The Hall–Kier alpha value is -2.36. The van der Waals surface area contributed by atoms with Crippen LogP contribution >= 0.6 is 0 Å². The maximum atomic E-state index is 13.7. The van der Waals surface area contributed by atoms with Crippen LogP contribution in [0.2, 0.25) is 0 Å². The summed E-state index contributed by atoms with van der Waals surface area (Å²) < 4.78 is 19.2. The molecule has 1 amide bonds. The number of carbonyl (C=O) groups excluding carboxylic acids is 1. The summed E-state index contributed by atoms with van der Waals surface area (Å²) in [5, 5.41) is 2.89. The van der Waals surface area contributed by atoms with E-state index in [1.807, 2.05) is 6.92 Å². The summed E-state index contributed by atoms with van der Waals surface area (Å²) in [6.07, 6.45) is 1.56. The summed E-state index contributed by atoms with van der Waals surface area (Å²) in [5.74, 6) is -0.0157. The number of aryl methyl sites for hydroxylation is 1. The van der Waals surface area contributed by atoms with E-state index in [9.17, 15) is 9.18 Å². The number of halogens is 1. The van der Waals surface area contributed by atoms with E-state index in [1.165, 1.54) is 23.3 Å². The Balaban J connectivity index is 1.77. The molecule has 1 atom stereocenters. The molecule has 0 aromatic heterocycles. The van der Waals surface area contributed by atoms with Gasteiger partial charge in [0, 0.05) is 6.54 Å². The minimum absolute atomic E-state index is 0.111. The molecule has 0 aliphatic rings. The first-order valence-electron chi connectivity index (χ1n) is 9.29. The summed E-state index contributed by atoms with van der Waals surface area (Å²) >= 11 is 0. The van der Waals surface area contributed by atoms with Gasteiger partial charge in [0.25, 0.3) is 5.91 Å². The Kier molecular flexibility index (Phi) is 7.64. The third-order valence-corrected chi connectivity index (χ3v) is 4.36. The van der Waals surface area contributed by atoms with Crippen molar-refractivity contribution in [2.75, 3.05) is 6.54 Å². The third-order valence-electron chi connectivity index (χ3n) is 4.36. The average Bonchev–Trinajstić information content (AvgIpc) is 2.64. The molecule has 26 heavy (non-hydrogen) atoms. The van der Waals surface area contributed by atoms with Crippen LogP contribution in [0.1, 0.15) is 50.7 Å². The zero-order valence-electron chi connectivity index (χ0n) is 15.8. The number of para-hydroxylation sites is 1. The quantitative estimate of drug-likeness (QED) is 0.651. The van der Waals surface area contributed by atoms with E-state index in [-0.39, 0.29) is 11.7 Å². The fraction of sp³-hybridized carbons (Fsp3) is 0.409. The Morgan fingerprint density at radius 3 is 2.42 bits per heavy atom. The maximum Gasteiger partial charge on any atom is 0.261 e. The van der Waals surface area contributed by atoms with Crippen molar-refractivity contribution in [3.8, 4) is 5.75 Å². The second kappa shape index (κ2) is 9.95. The molecule has 0 aliphatic carbocycles. The Morgan fingerprint density at radius 1 is 1.12 bits per heavy atom. The minimum atomic E-state index is -0.683. The molecule has 0 bridgehead atoms. The number of rotatable bonds is 9. The van der Waals surface area contributed by atoms with E-state index < -0.39 is 11.9 Å². The van der Waals surface area contributed by atoms with Crippen LogP contribution in [0.25, 0.3) is 0 Å². The number of hydrogen-bond acceptors (Lipinski definition) is 2. The van der Waals surface area contributed by atoms with Gasteiger partial charge in [-0.25, -0.2) is 4.39 Å². The molecule has 2 aromatic carbocycles. The average molecular weight is 357 g/mol. The first-order chi connectivity index (χ1) is 12.5. The highest BCUT2D eigenvalue weighted by molar-refractivity contribution is 5.81. The van der Waals surface area contributed by atoms with Crippen molar-refractivity contribution >= 4 is 5.91 Å². The third kappa shape index (κ3) is 5.87. The van der Waals surface area contributed by atoms with Gasteiger partial charge in [0.15, 0.2) is 17.7 Å². The van der Waals surface area contributed by atoms with E-state index in [1.54, 1.807) is 12.1 Å². The molecule has 1 unspecified atom stereocenters. The lowest BCUT2D eigenvalue weighted by molar-refractivity contribution is -0.128. The van der Waals surface area contributed by atoms with E-state index in [4.69, 9.17) is 4.74 Å². The molecule has 140 valence electrons. The summed E-state index contributed by atoms with van der Waals surface area (Å²) in [7, 11) is 0. The van der Waals surface area contributed by atoms with Crippen molar-refractivity contribution in [1.82, 2.24) is 5.32 Å².